The lowest BCUT2D eigenvalue weighted by atomic mass is 10.1. The Morgan fingerprint density at radius 2 is 1.87 bits per heavy atom. The summed E-state index contributed by atoms with van der Waals surface area (Å²) < 4.78 is 35.4. The van der Waals surface area contributed by atoms with Crippen molar-refractivity contribution >= 4 is 23.2 Å². The van der Waals surface area contributed by atoms with Gasteiger partial charge in [0.05, 0.1) is 28.0 Å². The van der Waals surface area contributed by atoms with Crippen LogP contribution < -0.4 is 4.74 Å². The zero-order valence-corrected chi connectivity index (χ0v) is 12.7. The zero-order valence-electron chi connectivity index (χ0n) is 11.2. The predicted octanol–water partition coefficient (Wildman–Crippen LogP) is 5.17. The third kappa shape index (κ3) is 3.40. The molecule has 0 radical (unpaired) electrons. The van der Waals surface area contributed by atoms with E-state index in [1.54, 1.807) is 18.2 Å². The molecule has 3 aromatic rings. The van der Waals surface area contributed by atoms with Gasteiger partial charge in [-0.05, 0) is 12.1 Å². The van der Waals surface area contributed by atoms with Crippen LogP contribution in [0.1, 0.15) is 12.2 Å². The molecule has 0 aliphatic heterocycles. The highest BCUT2D eigenvalue weighted by molar-refractivity contribution is 6.33. The second kappa shape index (κ2) is 6.47. The first kappa shape index (κ1) is 15.6. The predicted molar refractivity (Wildman–Crippen MR) is 79.0 cm³/mol. The molecule has 0 spiro atoms. The van der Waals surface area contributed by atoms with Gasteiger partial charge < -0.3 is 9.26 Å². The molecule has 0 aliphatic rings. The van der Waals surface area contributed by atoms with Crippen LogP contribution in [0.15, 0.2) is 41.2 Å². The summed E-state index contributed by atoms with van der Waals surface area (Å²) in [6.07, 6.45) is -0.0548. The fourth-order valence-electron chi connectivity index (χ4n) is 1.80. The van der Waals surface area contributed by atoms with Gasteiger partial charge in [0.1, 0.15) is 11.4 Å². The van der Waals surface area contributed by atoms with Gasteiger partial charge in [-0.25, -0.2) is 18.7 Å². The smallest absolute Gasteiger partial charge is 0.321 e. The number of aromatic nitrogens is 3. The number of alkyl halides is 2. The average molecular weight is 358 g/mol. The van der Waals surface area contributed by atoms with Crippen LogP contribution in [-0.4, -0.2) is 15.1 Å². The largest absolute Gasteiger partial charge is 0.424 e. The zero-order chi connectivity index (χ0) is 16.4. The summed E-state index contributed by atoms with van der Waals surface area (Å²) in [5, 5.41) is 4.21. The molecule has 0 saturated heterocycles. The van der Waals surface area contributed by atoms with E-state index in [9.17, 15) is 8.78 Å². The standard InChI is InChI=1S/C14H7Cl2F2N3O2/c15-7-5-19-14(20-6-7)22-10-3-1-2-8(16)12(10)9-4-11(13(17)18)23-21-9/h1-6,13H. The molecular formula is C14H7Cl2F2N3O2. The topological polar surface area (TPSA) is 61.0 Å². The van der Waals surface area contributed by atoms with E-state index in [-0.39, 0.29) is 22.5 Å². The summed E-state index contributed by atoms with van der Waals surface area (Å²) in [6.45, 7) is 0. The maximum Gasteiger partial charge on any atom is 0.321 e. The molecule has 118 valence electrons. The molecule has 0 N–H and O–H groups in total. The Bertz CT molecular complexity index is 825. The molecule has 0 aliphatic carbocycles. The summed E-state index contributed by atoms with van der Waals surface area (Å²) in [7, 11) is 0. The summed E-state index contributed by atoms with van der Waals surface area (Å²) in [6, 6.07) is 5.90. The molecule has 2 heterocycles. The van der Waals surface area contributed by atoms with E-state index in [2.05, 4.69) is 19.6 Å². The SMILES string of the molecule is FC(F)c1cc(-c2c(Cl)cccc2Oc2ncc(Cl)cn2)no1. The lowest BCUT2D eigenvalue weighted by molar-refractivity contribution is 0.112. The second-order valence-corrected chi connectivity index (χ2v) is 5.16. The Kier molecular flexibility index (Phi) is 4.40. The van der Waals surface area contributed by atoms with Gasteiger partial charge in [0.15, 0.2) is 0 Å². The van der Waals surface area contributed by atoms with Crippen molar-refractivity contribution in [3.8, 4) is 23.0 Å². The number of benzene rings is 1. The molecule has 3 rings (SSSR count). The molecule has 23 heavy (non-hydrogen) atoms. The second-order valence-electron chi connectivity index (χ2n) is 4.31. The first-order chi connectivity index (χ1) is 11.0. The molecule has 5 nitrogen and oxygen atoms in total. The summed E-state index contributed by atoms with van der Waals surface area (Å²) in [5.41, 5.74) is 0.415. The number of halogens is 4. The normalized spacial score (nSPS) is 11.0. The highest BCUT2D eigenvalue weighted by atomic mass is 35.5. The van der Waals surface area contributed by atoms with E-state index in [1.165, 1.54) is 12.4 Å². The Morgan fingerprint density at radius 3 is 2.52 bits per heavy atom. The van der Waals surface area contributed by atoms with Gasteiger partial charge in [-0.1, -0.05) is 34.4 Å². The van der Waals surface area contributed by atoms with E-state index in [1.807, 2.05) is 0 Å². The minimum atomic E-state index is -2.78. The minimum absolute atomic E-state index is 0.0236. The van der Waals surface area contributed by atoms with E-state index >= 15 is 0 Å². The van der Waals surface area contributed by atoms with Crippen LogP contribution in [0.5, 0.6) is 11.8 Å². The molecule has 0 atom stereocenters. The molecule has 0 amide bonds. The van der Waals surface area contributed by atoms with Crippen molar-refractivity contribution in [3.05, 3.63) is 52.5 Å². The van der Waals surface area contributed by atoms with Crippen molar-refractivity contribution in [3.63, 3.8) is 0 Å². The van der Waals surface area contributed by atoms with Gasteiger partial charge in [0.25, 0.3) is 6.43 Å². The van der Waals surface area contributed by atoms with Gasteiger partial charge in [0, 0.05) is 6.07 Å². The maximum atomic E-state index is 12.7. The van der Waals surface area contributed by atoms with Crippen molar-refractivity contribution in [1.82, 2.24) is 15.1 Å². The van der Waals surface area contributed by atoms with Gasteiger partial charge >= 0.3 is 6.01 Å². The Morgan fingerprint density at radius 1 is 1.13 bits per heavy atom. The minimum Gasteiger partial charge on any atom is -0.424 e. The molecule has 2 aromatic heterocycles. The van der Waals surface area contributed by atoms with Crippen molar-refractivity contribution < 1.29 is 18.0 Å². The fraction of sp³-hybridized carbons (Fsp3) is 0.0714. The highest BCUT2D eigenvalue weighted by Gasteiger charge is 2.20. The first-order valence-corrected chi connectivity index (χ1v) is 6.99. The van der Waals surface area contributed by atoms with Gasteiger partial charge in [-0.3, -0.25) is 0 Å². The van der Waals surface area contributed by atoms with Crippen LogP contribution in [0.3, 0.4) is 0 Å². The number of hydrogen-bond acceptors (Lipinski definition) is 5. The fourth-order valence-corrected chi connectivity index (χ4v) is 2.16. The van der Waals surface area contributed by atoms with Crippen molar-refractivity contribution in [2.24, 2.45) is 0 Å². The third-order valence-electron chi connectivity index (χ3n) is 2.77. The molecule has 9 heteroatoms. The van der Waals surface area contributed by atoms with E-state index in [0.29, 0.717) is 10.6 Å². The van der Waals surface area contributed by atoms with Crippen molar-refractivity contribution in [2.75, 3.05) is 0 Å². The molecular weight excluding hydrogens is 351 g/mol. The number of ether oxygens (including phenoxy) is 1. The van der Waals surface area contributed by atoms with Gasteiger partial charge in [-0.2, -0.15) is 0 Å². The van der Waals surface area contributed by atoms with Crippen LogP contribution in [0, 0.1) is 0 Å². The Balaban J connectivity index is 2.00. The first-order valence-electron chi connectivity index (χ1n) is 6.23. The lowest BCUT2D eigenvalue weighted by Gasteiger charge is -2.09. The monoisotopic (exact) mass is 357 g/mol. The van der Waals surface area contributed by atoms with E-state index < -0.39 is 12.2 Å². The van der Waals surface area contributed by atoms with Crippen LogP contribution in [0.25, 0.3) is 11.3 Å². The molecule has 0 unspecified atom stereocenters. The van der Waals surface area contributed by atoms with Gasteiger partial charge in [-0.15, -0.1) is 0 Å². The third-order valence-corrected chi connectivity index (χ3v) is 3.28. The Hall–Kier alpha value is -2.25. The van der Waals surface area contributed by atoms with Crippen molar-refractivity contribution in [2.45, 2.75) is 6.43 Å². The number of rotatable bonds is 4. The highest BCUT2D eigenvalue weighted by Crippen LogP contribution is 2.38. The van der Waals surface area contributed by atoms with Crippen LogP contribution in [0.2, 0.25) is 10.0 Å². The van der Waals surface area contributed by atoms with E-state index in [0.717, 1.165) is 6.07 Å². The number of nitrogens with zero attached hydrogens (tertiary/aromatic N) is 3. The number of hydrogen-bond donors (Lipinski definition) is 0. The lowest BCUT2D eigenvalue weighted by Crippen LogP contribution is -1.93. The Labute approximate surface area is 138 Å². The average Bonchev–Trinajstić information content (AvgIpc) is 2.99. The maximum absolute atomic E-state index is 12.7. The van der Waals surface area contributed by atoms with Gasteiger partial charge in [0.2, 0.25) is 5.76 Å². The molecule has 1 aromatic carbocycles. The van der Waals surface area contributed by atoms with Crippen LogP contribution in [-0.2, 0) is 0 Å². The molecule has 0 bridgehead atoms. The molecule has 0 fully saturated rings. The molecule has 0 saturated carbocycles. The summed E-state index contributed by atoms with van der Waals surface area (Å²) >= 11 is 11.8. The quantitative estimate of drug-likeness (QED) is 0.644. The van der Waals surface area contributed by atoms with Crippen LogP contribution in [0.4, 0.5) is 8.78 Å². The summed E-state index contributed by atoms with van der Waals surface area (Å²) in [5.74, 6) is -0.317. The van der Waals surface area contributed by atoms with E-state index in [4.69, 9.17) is 27.9 Å². The van der Waals surface area contributed by atoms with Crippen LogP contribution >= 0.6 is 23.2 Å². The summed E-state index contributed by atoms with van der Waals surface area (Å²) in [4.78, 5) is 7.80. The van der Waals surface area contributed by atoms with Crippen molar-refractivity contribution in [1.29, 1.82) is 0 Å².